The number of nitrogens with two attached hydrogens (primary N) is 1. The Morgan fingerprint density at radius 2 is 1.57 bits per heavy atom. The molecule has 0 radical (unpaired) electrons. The molecule has 2 aromatic carbocycles. The van der Waals surface area contributed by atoms with Crippen molar-refractivity contribution in [2.45, 2.75) is 25.7 Å². The minimum atomic E-state index is -0.843. The lowest BCUT2D eigenvalue weighted by molar-refractivity contribution is -0.137. The number of aliphatic carboxylic acids is 1. The van der Waals surface area contributed by atoms with E-state index in [1.165, 1.54) is 24.3 Å². The quantitative estimate of drug-likeness (QED) is 0.177. The van der Waals surface area contributed by atoms with Crippen LogP contribution in [0.5, 0.6) is 5.75 Å². The van der Waals surface area contributed by atoms with E-state index in [0.29, 0.717) is 24.3 Å². The smallest absolute Gasteiger partial charge is 0.303 e. The second-order valence-electron chi connectivity index (χ2n) is 6.28. The highest BCUT2D eigenvalue weighted by Crippen LogP contribution is 2.34. The number of amides is 2. The third kappa shape index (κ3) is 6.34. The van der Waals surface area contributed by atoms with Gasteiger partial charge in [-0.05, 0) is 43.5 Å². The Morgan fingerprint density at radius 3 is 2.17 bits per heavy atom. The van der Waals surface area contributed by atoms with Gasteiger partial charge in [0, 0.05) is 12.0 Å². The lowest BCUT2D eigenvalue weighted by Crippen LogP contribution is -2.42. The monoisotopic (exact) mass is 472 g/mol. The molecule has 160 valence electrons. The van der Waals surface area contributed by atoms with Crippen molar-refractivity contribution in [1.29, 1.82) is 0 Å². The van der Waals surface area contributed by atoms with Crippen molar-refractivity contribution in [1.82, 2.24) is 5.01 Å². The Bertz CT molecular complexity index is 929. The molecule has 0 aliphatic carbocycles. The van der Waals surface area contributed by atoms with E-state index in [-0.39, 0.29) is 45.0 Å². The van der Waals surface area contributed by atoms with Gasteiger partial charge in [-0.3, -0.25) is 14.4 Å². The van der Waals surface area contributed by atoms with Gasteiger partial charge in [-0.2, -0.15) is 0 Å². The zero-order chi connectivity index (χ0) is 22.3. The molecule has 0 aromatic heterocycles. The number of hydrogen-bond acceptors (Lipinski definition) is 5. The van der Waals surface area contributed by atoms with Gasteiger partial charge < -0.3 is 9.84 Å². The van der Waals surface area contributed by atoms with Crippen molar-refractivity contribution < 1.29 is 24.2 Å². The molecule has 0 atom stereocenters. The van der Waals surface area contributed by atoms with Gasteiger partial charge >= 0.3 is 5.97 Å². The van der Waals surface area contributed by atoms with E-state index in [0.717, 1.165) is 0 Å². The first kappa shape index (κ1) is 24.0. The van der Waals surface area contributed by atoms with Crippen molar-refractivity contribution in [2.75, 3.05) is 6.61 Å². The molecule has 0 aliphatic heterocycles. The van der Waals surface area contributed by atoms with E-state index in [4.69, 9.17) is 50.5 Å². The van der Waals surface area contributed by atoms with Crippen LogP contribution < -0.4 is 10.6 Å². The normalized spacial score (nSPS) is 10.5. The minimum absolute atomic E-state index is 0.00158. The second kappa shape index (κ2) is 11.2. The van der Waals surface area contributed by atoms with E-state index in [2.05, 4.69) is 0 Å². The number of imide groups is 1. The summed E-state index contributed by atoms with van der Waals surface area (Å²) in [6, 6.07) is 8.80. The first-order chi connectivity index (χ1) is 14.2. The number of unbranched alkanes of at least 4 members (excludes halogenated alkanes) is 2. The molecule has 0 saturated heterocycles. The maximum Gasteiger partial charge on any atom is 0.303 e. The second-order valence-corrected chi connectivity index (χ2v) is 7.50. The summed E-state index contributed by atoms with van der Waals surface area (Å²) in [5, 5.41) is 9.36. The molecular weight excluding hydrogens is 455 g/mol. The van der Waals surface area contributed by atoms with Gasteiger partial charge in [-0.25, -0.2) is 10.9 Å². The molecule has 0 heterocycles. The average molecular weight is 474 g/mol. The number of carbonyl (C=O) groups is 3. The van der Waals surface area contributed by atoms with Crippen molar-refractivity contribution in [3.05, 3.63) is 62.6 Å². The van der Waals surface area contributed by atoms with Gasteiger partial charge in [0.1, 0.15) is 0 Å². The van der Waals surface area contributed by atoms with Crippen LogP contribution in [0.4, 0.5) is 0 Å². The third-order valence-corrected chi connectivity index (χ3v) is 4.96. The van der Waals surface area contributed by atoms with Crippen LogP contribution in [0.1, 0.15) is 46.4 Å². The fourth-order valence-corrected chi connectivity index (χ4v) is 3.36. The molecule has 10 heteroatoms. The Kier molecular flexibility index (Phi) is 8.92. The standard InChI is InChI=1S/C20H19Cl3N2O5/c21-14-7-4-3-6-13(14)20(29)25(24)19(28)12-10-15(22)18(16(23)11-12)30-9-5-1-2-8-17(26)27/h3-4,6-7,10-11H,1-2,5,8-9,24H2,(H,26,27). The molecule has 2 aromatic rings. The van der Waals surface area contributed by atoms with Gasteiger partial charge in [-0.1, -0.05) is 46.9 Å². The lowest BCUT2D eigenvalue weighted by atomic mass is 10.1. The third-order valence-electron chi connectivity index (χ3n) is 4.07. The fourth-order valence-electron chi connectivity index (χ4n) is 2.55. The number of carbonyl (C=O) groups excluding carboxylic acids is 2. The minimum Gasteiger partial charge on any atom is -0.490 e. The Morgan fingerprint density at radius 1 is 0.933 bits per heavy atom. The predicted octanol–water partition coefficient (Wildman–Crippen LogP) is 4.83. The molecule has 3 N–H and O–H groups in total. The molecule has 7 nitrogen and oxygen atoms in total. The van der Waals surface area contributed by atoms with E-state index >= 15 is 0 Å². The van der Waals surface area contributed by atoms with Crippen LogP contribution in [0.15, 0.2) is 36.4 Å². The number of benzene rings is 2. The number of hydrogen-bond donors (Lipinski definition) is 2. The predicted molar refractivity (Wildman–Crippen MR) is 114 cm³/mol. The van der Waals surface area contributed by atoms with Crippen LogP contribution in [0, 0.1) is 0 Å². The number of carboxylic acids is 1. The summed E-state index contributed by atoms with van der Waals surface area (Å²) in [5.41, 5.74) is 0.0803. The number of rotatable bonds is 9. The van der Waals surface area contributed by atoms with Gasteiger partial charge in [0.15, 0.2) is 5.75 Å². The zero-order valence-electron chi connectivity index (χ0n) is 15.7. The Balaban J connectivity index is 2.04. The number of halogens is 3. The summed E-state index contributed by atoms with van der Waals surface area (Å²) >= 11 is 18.3. The highest BCUT2D eigenvalue weighted by Gasteiger charge is 2.24. The average Bonchev–Trinajstić information content (AvgIpc) is 2.70. The molecule has 0 fully saturated rings. The summed E-state index contributed by atoms with van der Waals surface area (Å²) in [7, 11) is 0. The van der Waals surface area contributed by atoms with Crippen molar-refractivity contribution >= 4 is 52.6 Å². The van der Waals surface area contributed by atoms with E-state index in [1.807, 2.05) is 0 Å². The molecule has 30 heavy (non-hydrogen) atoms. The lowest BCUT2D eigenvalue weighted by Gasteiger charge is -2.17. The molecule has 0 spiro atoms. The van der Waals surface area contributed by atoms with Crippen LogP contribution in [-0.2, 0) is 4.79 Å². The maximum atomic E-state index is 12.6. The SMILES string of the molecule is NN(C(=O)c1cc(Cl)c(OCCCCCC(=O)O)c(Cl)c1)C(=O)c1ccccc1Cl. The summed E-state index contributed by atoms with van der Waals surface area (Å²) in [6.07, 6.45) is 1.92. The van der Waals surface area contributed by atoms with Crippen molar-refractivity contribution in [3.63, 3.8) is 0 Å². The van der Waals surface area contributed by atoms with Crippen molar-refractivity contribution in [2.24, 2.45) is 5.84 Å². The van der Waals surface area contributed by atoms with Crippen LogP contribution in [0.2, 0.25) is 15.1 Å². The molecule has 0 bridgehead atoms. The van der Waals surface area contributed by atoms with E-state index in [9.17, 15) is 14.4 Å². The molecule has 0 saturated carbocycles. The van der Waals surface area contributed by atoms with Gasteiger partial charge in [-0.15, -0.1) is 0 Å². The summed E-state index contributed by atoms with van der Waals surface area (Å²) in [4.78, 5) is 35.5. The number of nitrogens with zero attached hydrogens (tertiary/aromatic N) is 1. The topological polar surface area (TPSA) is 110 Å². The number of carboxylic acid groups (broad SMARTS) is 1. The van der Waals surface area contributed by atoms with Crippen LogP contribution >= 0.6 is 34.8 Å². The molecular formula is C20H19Cl3N2O5. The first-order valence-corrected chi connectivity index (χ1v) is 10.1. The highest BCUT2D eigenvalue weighted by atomic mass is 35.5. The largest absolute Gasteiger partial charge is 0.490 e. The summed E-state index contributed by atoms with van der Waals surface area (Å²) < 4.78 is 5.55. The summed E-state index contributed by atoms with van der Waals surface area (Å²) in [6.45, 7) is 0.278. The van der Waals surface area contributed by atoms with Crippen LogP contribution in [0.3, 0.4) is 0 Å². The van der Waals surface area contributed by atoms with Crippen LogP contribution in [0.25, 0.3) is 0 Å². The first-order valence-electron chi connectivity index (χ1n) is 8.94. The van der Waals surface area contributed by atoms with Gasteiger partial charge in [0.25, 0.3) is 11.8 Å². The number of ether oxygens (including phenoxy) is 1. The van der Waals surface area contributed by atoms with E-state index in [1.54, 1.807) is 12.1 Å². The van der Waals surface area contributed by atoms with Crippen molar-refractivity contribution in [3.8, 4) is 5.75 Å². The zero-order valence-corrected chi connectivity index (χ0v) is 18.0. The highest BCUT2D eigenvalue weighted by molar-refractivity contribution is 6.38. The Labute approximate surface area is 188 Å². The maximum absolute atomic E-state index is 12.6. The van der Waals surface area contributed by atoms with Gasteiger partial charge in [0.2, 0.25) is 0 Å². The number of hydrazine groups is 1. The molecule has 2 rings (SSSR count). The Hall–Kier alpha value is -2.32. The molecule has 0 aliphatic rings. The van der Waals surface area contributed by atoms with Gasteiger partial charge in [0.05, 0.1) is 27.2 Å². The van der Waals surface area contributed by atoms with E-state index < -0.39 is 17.8 Å². The van der Waals surface area contributed by atoms with Crippen LogP contribution in [-0.4, -0.2) is 34.5 Å². The fraction of sp³-hybridized carbons (Fsp3) is 0.250. The molecule has 0 unspecified atom stereocenters. The summed E-state index contributed by atoms with van der Waals surface area (Å²) in [5.74, 6) is 3.45. The molecule has 2 amide bonds.